The lowest BCUT2D eigenvalue weighted by Gasteiger charge is -2.26. The minimum atomic E-state index is 0.207. The molecule has 0 radical (unpaired) electrons. The van der Waals surface area contributed by atoms with Crippen LogP contribution in [0.3, 0.4) is 0 Å². The number of pyridine rings is 1. The van der Waals surface area contributed by atoms with E-state index in [4.69, 9.17) is 0 Å². The van der Waals surface area contributed by atoms with Crippen LogP contribution in [0.2, 0.25) is 0 Å². The van der Waals surface area contributed by atoms with Gasteiger partial charge in [0.15, 0.2) is 0 Å². The summed E-state index contributed by atoms with van der Waals surface area (Å²) >= 11 is 0. The normalized spacial score (nSPS) is 11.4. The van der Waals surface area contributed by atoms with Crippen LogP contribution in [-0.4, -0.2) is 4.98 Å². The number of hydrogen-bond donors (Lipinski definition) is 0. The van der Waals surface area contributed by atoms with Gasteiger partial charge in [0.1, 0.15) is 0 Å². The van der Waals surface area contributed by atoms with Gasteiger partial charge in [0.25, 0.3) is 0 Å². The molecule has 0 atom stereocenters. The first kappa shape index (κ1) is 11.0. The summed E-state index contributed by atoms with van der Waals surface area (Å²) in [7, 11) is 0. The molecule has 1 aromatic heterocycles. The van der Waals surface area contributed by atoms with Gasteiger partial charge in [-0.25, -0.2) is 0 Å². The van der Waals surface area contributed by atoms with E-state index in [-0.39, 0.29) is 5.41 Å². The summed E-state index contributed by atoms with van der Waals surface area (Å²) in [6.07, 6.45) is 4.05. The van der Waals surface area contributed by atoms with Gasteiger partial charge >= 0.3 is 0 Å². The molecule has 0 bridgehead atoms. The lowest BCUT2D eigenvalue weighted by molar-refractivity contribution is 0.426. The number of nitrogens with zero attached hydrogens (tertiary/aromatic N) is 1. The van der Waals surface area contributed by atoms with Crippen molar-refractivity contribution in [1.29, 1.82) is 0 Å². The third-order valence-corrected chi connectivity index (χ3v) is 3.16. The van der Waals surface area contributed by atoms with Crippen LogP contribution in [0.4, 0.5) is 0 Å². The molecular formula is C13H19N. The maximum Gasteiger partial charge on any atom is 0.0627 e. The van der Waals surface area contributed by atoms with Crippen molar-refractivity contribution in [3.05, 3.63) is 36.2 Å². The Hall–Kier alpha value is -1.11. The van der Waals surface area contributed by atoms with E-state index in [0.717, 1.165) is 18.5 Å². The highest BCUT2D eigenvalue weighted by Crippen LogP contribution is 2.29. The summed E-state index contributed by atoms with van der Waals surface area (Å²) in [5.41, 5.74) is 2.36. The fraction of sp³-hybridized carbons (Fsp3) is 0.462. The Balaban J connectivity index is 3.10. The minimum Gasteiger partial charge on any atom is -0.253 e. The van der Waals surface area contributed by atoms with Crippen molar-refractivity contribution < 1.29 is 0 Å². The van der Waals surface area contributed by atoms with Gasteiger partial charge in [-0.15, -0.1) is 0 Å². The summed E-state index contributed by atoms with van der Waals surface area (Å²) in [5, 5.41) is 0. The third-order valence-electron chi connectivity index (χ3n) is 3.16. The molecule has 0 aliphatic heterocycles. The molecule has 14 heavy (non-hydrogen) atoms. The molecule has 0 saturated carbocycles. The van der Waals surface area contributed by atoms with Crippen molar-refractivity contribution in [1.82, 2.24) is 4.98 Å². The monoisotopic (exact) mass is 189 g/mol. The van der Waals surface area contributed by atoms with Gasteiger partial charge < -0.3 is 0 Å². The Kier molecular flexibility index (Phi) is 3.45. The fourth-order valence-corrected chi connectivity index (χ4v) is 1.51. The van der Waals surface area contributed by atoms with E-state index in [1.54, 1.807) is 6.08 Å². The lowest BCUT2D eigenvalue weighted by atomic mass is 9.81. The first-order valence-corrected chi connectivity index (χ1v) is 5.26. The van der Waals surface area contributed by atoms with Gasteiger partial charge in [0.2, 0.25) is 0 Å². The van der Waals surface area contributed by atoms with E-state index >= 15 is 0 Å². The van der Waals surface area contributed by atoms with Gasteiger partial charge in [0, 0.05) is 11.1 Å². The van der Waals surface area contributed by atoms with Crippen LogP contribution < -0.4 is 0 Å². The largest absolute Gasteiger partial charge is 0.253 e. The Morgan fingerprint density at radius 2 is 2.00 bits per heavy atom. The molecular weight excluding hydrogens is 170 g/mol. The molecule has 0 aromatic carbocycles. The van der Waals surface area contributed by atoms with E-state index < -0.39 is 0 Å². The third kappa shape index (κ3) is 2.03. The molecule has 0 spiro atoms. The molecule has 0 saturated heterocycles. The zero-order chi connectivity index (χ0) is 10.6. The molecule has 0 amide bonds. The molecule has 0 fully saturated rings. The maximum atomic E-state index is 4.59. The number of hydrogen-bond acceptors (Lipinski definition) is 1. The zero-order valence-corrected chi connectivity index (χ0v) is 9.38. The van der Waals surface area contributed by atoms with Gasteiger partial charge in [0.05, 0.1) is 5.69 Å². The smallest absolute Gasteiger partial charge is 0.0627 e. The average molecular weight is 189 g/mol. The second-order valence-electron chi connectivity index (χ2n) is 3.92. The van der Waals surface area contributed by atoms with E-state index in [0.29, 0.717) is 0 Å². The zero-order valence-electron chi connectivity index (χ0n) is 9.38. The SMILES string of the molecule is C=Cc1cccc(C(C)(CC)CC)n1. The van der Waals surface area contributed by atoms with Crippen molar-refractivity contribution in [2.75, 3.05) is 0 Å². The molecule has 1 heterocycles. The summed E-state index contributed by atoms with van der Waals surface area (Å²) in [5.74, 6) is 0. The van der Waals surface area contributed by atoms with Crippen LogP contribution in [0.15, 0.2) is 24.8 Å². The highest BCUT2D eigenvalue weighted by molar-refractivity contribution is 5.42. The summed E-state index contributed by atoms with van der Waals surface area (Å²) in [4.78, 5) is 4.59. The fourth-order valence-electron chi connectivity index (χ4n) is 1.51. The van der Waals surface area contributed by atoms with Crippen LogP contribution in [0.5, 0.6) is 0 Å². The predicted molar refractivity (Wildman–Crippen MR) is 62.3 cm³/mol. The van der Waals surface area contributed by atoms with Gasteiger partial charge in [-0.1, -0.05) is 33.4 Å². The second kappa shape index (κ2) is 4.41. The van der Waals surface area contributed by atoms with Crippen LogP contribution in [0.25, 0.3) is 6.08 Å². The molecule has 1 rings (SSSR count). The van der Waals surface area contributed by atoms with E-state index in [2.05, 4.69) is 44.5 Å². The van der Waals surface area contributed by atoms with Crippen molar-refractivity contribution >= 4 is 6.08 Å². The predicted octanol–water partition coefficient (Wildman–Crippen LogP) is 3.80. The van der Waals surface area contributed by atoms with Crippen molar-refractivity contribution in [3.8, 4) is 0 Å². The van der Waals surface area contributed by atoms with Gasteiger partial charge in [-0.3, -0.25) is 4.98 Å². The Labute approximate surface area is 86.9 Å². The standard InChI is InChI=1S/C13H19N/c1-5-11-9-8-10-12(14-11)13(4,6-2)7-3/h5,8-10H,1,6-7H2,2-4H3. The molecule has 0 unspecified atom stereocenters. The Bertz CT molecular complexity index is 311. The molecule has 1 nitrogen and oxygen atoms in total. The average Bonchev–Trinajstić information content (AvgIpc) is 2.28. The van der Waals surface area contributed by atoms with Crippen molar-refractivity contribution in [2.24, 2.45) is 0 Å². The molecule has 0 N–H and O–H groups in total. The Morgan fingerprint density at radius 1 is 1.36 bits per heavy atom. The van der Waals surface area contributed by atoms with E-state index in [9.17, 15) is 0 Å². The van der Waals surface area contributed by atoms with Crippen LogP contribution in [0.1, 0.15) is 45.0 Å². The number of aromatic nitrogens is 1. The molecule has 0 aliphatic carbocycles. The highest BCUT2D eigenvalue weighted by atomic mass is 14.7. The first-order chi connectivity index (χ1) is 6.66. The maximum absolute atomic E-state index is 4.59. The summed E-state index contributed by atoms with van der Waals surface area (Å²) in [6.45, 7) is 10.4. The molecule has 1 heteroatoms. The second-order valence-corrected chi connectivity index (χ2v) is 3.92. The molecule has 1 aromatic rings. The first-order valence-electron chi connectivity index (χ1n) is 5.26. The van der Waals surface area contributed by atoms with Gasteiger partial charge in [-0.05, 0) is 31.1 Å². The van der Waals surface area contributed by atoms with E-state index in [1.165, 1.54) is 5.69 Å². The highest BCUT2D eigenvalue weighted by Gasteiger charge is 2.23. The van der Waals surface area contributed by atoms with Crippen LogP contribution in [0, 0.1) is 0 Å². The quantitative estimate of drug-likeness (QED) is 0.702. The molecule has 0 aliphatic rings. The van der Waals surface area contributed by atoms with E-state index in [1.807, 2.05) is 6.07 Å². The van der Waals surface area contributed by atoms with Crippen LogP contribution >= 0.6 is 0 Å². The van der Waals surface area contributed by atoms with Crippen molar-refractivity contribution in [2.45, 2.75) is 39.0 Å². The van der Waals surface area contributed by atoms with Crippen LogP contribution in [-0.2, 0) is 5.41 Å². The Morgan fingerprint density at radius 3 is 2.50 bits per heavy atom. The molecule has 76 valence electrons. The van der Waals surface area contributed by atoms with Gasteiger partial charge in [-0.2, -0.15) is 0 Å². The topological polar surface area (TPSA) is 12.9 Å². The minimum absolute atomic E-state index is 0.207. The summed E-state index contributed by atoms with van der Waals surface area (Å²) in [6, 6.07) is 6.16. The lowest BCUT2D eigenvalue weighted by Crippen LogP contribution is -2.21. The summed E-state index contributed by atoms with van der Waals surface area (Å²) < 4.78 is 0. The van der Waals surface area contributed by atoms with Crippen molar-refractivity contribution in [3.63, 3.8) is 0 Å². The number of rotatable bonds is 4.